The van der Waals surface area contributed by atoms with Crippen molar-refractivity contribution in [2.24, 2.45) is 0 Å². The van der Waals surface area contributed by atoms with Crippen LogP contribution in [0.3, 0.4) is 0 Å². The van der Waals surface area contributed by atoms with E-state index in [1.54, 1.807) is 12.1 Å². The molecular formula is C20H17BrN2O5. The van der Waals surface area contributed by atoms with Gasteiger partial charge in [-0.2, -0.15) is 5.26 Å². The van der Waals surface area contributed by atoms with E-state index in [4.69, 9.17) is 14.6 Å². The molecular weight excluding hydrogens is 428 g/mol. The Labute approximate surface area is 170 Å². The summed E-state index contributed by atoms with van der Waals surface area (Å²) in [5.41, 5.74) is 1.35. The molecule has 0 saturated carbocycles. The summed E-state index contributed by atoms with van der Waals surface area (Å²) in [6.45, 7) is -0.233. The number of aliphatic carboxylic acids is 1. The summed E-state index contributed by atoms with van der Waals surface area (Å²) >= 11 is 3.29. The maximum Gasteiger partial charge on any atom is 0.341 e. The molecule has 2 rings (SSSR count). The van der Waals surface area contributed by atoms with E-state index < -0.39 is 18.5 Å². The number of nitrogens with one attached hydrogen (secondary N) is 1. The molecule has 0 bridgehead atoms. The molecule has 144 valence electrons. The summed E-state index contributed by atoms with van der Waals surface area (Å²) in [6.07, 6.45) is 1.41. The van der Waals surface area contributed by atoms with Gasteiger partial charge in [0.2, 0.25) is 0 Å². The van der Waals surface area contributed by atoms with Crippen LogP contribution in [-0.4, -0.2) is 30.7 Å². The van der Waals surface area contributed by atoms with Crippen molar-refractivity contribution in [2.45, 2.75) is 6.54 Å². The number of carboxylic acids is 1. The molecule has 0 aliphatic heterocycles. The third kappa shape index (κ3) is 5.86. The van der Waals surface area contributed by atoms with Crippen LogP contribution in [0.4, 0.5) is 0 Å². The number of nitriles is 1. The number of nitrogens with zero attached hydrogens (tertiary/aromatic N) is 1. The monoisotopic (exact) mass is 444 g/mol. The number of carbonyl (C=O) groups is 2. The summed E-state index contributed by atoms with van der Waals surface area (Å²) in [6, 6.07) is 14.4. The maximum absolute atomic E-state index is 12.3. The molecule has 2 N–H and O–H groups in total. The van der Waals surface area contributed by atoms with Crippen LogP contribution in [0.15, 0.2) is 52.5 Å². The van der Waals surface area contributed by atoms with E-state index in [0.717, 1.165) is 5.56 Å². The van der Waals surface area contributed by atoms with E-state index in [1.807, 2.05) is 36.4 Å². The van der Waals surface area contributed by atoms with Crippen LogP contribution in [-0.2, 0) is 16.1 Å². The highest BCUT2D eigenvalue weighted by Gasteiger charge is 2.14. The number of carboxylic acid groups (broad SMARTS) is 1. The first-order chi connectivity index (χ1) is 13.4. The van der Waals surface area contributed by atoms with Gasteiger partial charge in [0.25, 0.3) is 5.91 Å². The van der Waals surface area contributed by atoms with Crippen molar-refractivity contribution in [1.82, 2.24) is 5.32 Å². The van der Waals surface area contributed by atoms with Gasteiger partial charge in [-0.15, -0.1) is 0 Å². The molecule has 0 spiro atoms. The minimum Gasteiger partial charge on any atom is -0.493 e. The summed E-state index contributed by atoms with van der Waals surface area (Å²) in [4.78, 5) is 23.0. The van der Waals surface area contributed by atoms with Gasteiger partial charge >= 0.3 is 5.97 Å². The molecule has 0 aliphatic carbocycles. The predicted octanol–water partition coefficient (Wildman–Crippen LogP) is 3.14. The van der Waals surface area contributed by atoms with Crippen molar-refractivity contribution in [1.29, 1.82) is 5.26 Å². The first-order valence-corrected chi connectivity index (χ1v) is 8.90. The smallest absolute Gasteiger partial charge is 0.341 e. The van der Waals surface area contributed by atoms with E-state index in [-0.39, 0.29) is 17.1 Å². The lowest BCUT2D eigenvalue weighted by Gasteiger charge is -2.12. The molecule has 0 aliphatic rings. The largest absolute Gasteiger partial charge is 0.493 e. The van der Waals surface area contributed by atoms with Gasteiger partial charge in [-0.25, -0.2) is 4.79 Å². The third-order valence-corrected chi connectivity index (χ3v) is 4.15. The number of rotatable bonds is 8. The minimum atomic E-state index is -1.13. The van der Waals surface area contributed by atoms with E-state index in [1.165, 1.54) is 13.2 Å². The molecule has 0 unspecified atom stereocenters. The van der Waals surface area contributed by atoms with Crippen LogP contribution in [0.5, 0.6) is 11.5 Å². The maximum atomic E-state index is 12.3. The number of hydrogen-bond donors (Lipinski definition) is 2. The van der Waals surface area contributed by atoms with E-state index in [9.17, 15) is 14.9 Å². The predicted molar refractivity (Wildman–Crippen MR) is 106 cm³/mol. The number of carbonyl (C=O) groups excluding carboxylic acids is 1. The van der Waals surface area contributed by atoms with Crippen LogP contribution in [0.2, 0.25) is 0 Å². The van der Waals surface area contributed by atoms with E-state index >= 15 is 0 Å². The lowest BCUT2D eigenvalue weighted by Crippen LogP contribution is -2.23. The topological polar surface area (TPSA) is 109 Å². The molecule has 7 nitrogen and oxygen atoms in total. The quantitative estimate of drug-likeness (QED) is 0.478. The van der Waals surface area contributed by atoms with Crippen LogP contribution in [0.25, 0.3) is 6.08 Å². The zero-order chi connectivity index (χ0) is 20.5. The molecule has 2 aromatic carbocycles. The molecule has 0 atom stereocenters. The second kappa shape index (κ2) is 10.1. The van der Waals surface area contributed by atoms with Gasteiger partial charge in [0.05, 0.1) is 11.6 Å². The number of amides is 1. The van der Waals surface area contributed by atoms with Gasteiger partial charge in [-0.1, -0.05) is 30.3 Å². The number of ether oxygens (including phenoxy) is 2. The summed E-state index contributed by atoms with van der Waals surface area (Å²) in [5, 5.41) is 20.8. The Morgan fingerprint density at radius 1 is 1.29 bits per heavy atom. The average Bonchev–Trinajstić information content (AvgIpc) is 2.69. The van der Waals surface area contributed by atoms with Crippen molar-refractivity contribution >= 4 is 33.9 Å². The Kier molecular flexibility index (Phi) is 7.60. The molecule has 0 aromatic heterocycles. The Morgan fingerprint density at radius 3 is 2.61 bits per heavy atom. The first kappa shape index (κ1) is 21.0. The molecule has 1 amide bonds. The van der Waals surface area contributed by atoms with Gasteiger partial charge in [0.1, 0.15) is 11.6 Å². The van der Waals surface area contributed by atoms with Crippen molar-refractivity contribution in [3.8, 4) is 17.6 Å². The highest BCUT2D eigenvalue weighted by molar-refractivity contribution is 9.10. The highest BCUT2D eigenvalue weighted by Crippen LogP contribution is 2.37. The standard InChI is InChI=1S/C20H17BrN2O5/c1-27-17-9-14(8-16(21)19(17)28-12-18(24)25)7-15(10-22)20(26)23-11-13-5-3-2-4-6-13/h2-9H,11-12H2,1H3,(H,23,26)(H,24,25)/b15-7-. The Hall–Kier alpha value is -3.31. The van der Waals surface area contributed by atoms with Gasteiger partial charge in [-0.3, -0.25) is 4.79 Å². The molecule has 0 fully saturated rings. The van der Waals surface area contributed by atoms with Crippen LogP contribution in [0, 0.1) is 11.3 Å². The lowest BCUT2D eigenvalue weighted by atomic mass is 10.1. The Morgan fingerprint density at radius 2 is 2.00 bits per heavy atom. The van der Waals surface area contributed by atoms with Crippen molar-refractivity contribution in [2.75, 3.05) is 13.7 Å². The van der Waals surface area contributed by atoms with Gasteiger partial charge in [0, 0.05) is 6.54 Å². The highest BCUT2D eigenvalue weighted by atomic mass is 79.9. The van der Waals surface area contributed by atoms with Gasteiger partial charge in [-0.05, 0) is 45.3 Å². The minimum absolute atomic E-state index is 0.0795. The number of halogens is 1. The second-order valence-electron chi connectivity index (χ2n) is 5.55. The third-order valence-electron chi connectivity index (χ3n) is 3.56. The fraction of sp³-hybridized carbons (Fsp3) is 0.150. The fourth-order valence-corrected chi connectivity index (χ4v) is 2.86. The average molecular weight is 445 g/mol. The summed E-state index contributed by atoms with van der Waals surface area (Å²) < 4.78 is 10.9. The molecule has 28 heavy (non-hydrogen) atoms. The Balaban J connectivity index is 2.20. The molecule has 8 heteroatoms. The van der Waals surface area contributed by atoms with Crippen LogP contribution in [0.1, 0.15) is 11.1 Å². The fourth-order valence-electron chi connectivity index (χ4n) is 2.29. The van der Waals surface area contributed by atoms with Crippen molar-refractivity contribution in [3.63, 3.8) is 0 Å². The zero-order valence-electron chi connectivity index (χ0n) is 14.9. The van der Waals surface area contributed by atoms with Gasteiger partial charge in [0.15, 0.2) is 18.1 Å². The Bertz CT molecular complexity index is 936. The number of benzene rings is 2. The molecule has 2 aromatic rings. The molecule has 0 radical (unpaired) electrons. The van der Waals surface area contributed by atoms with Crippen LogP contribution >= 0.6 is 15.9 Å². The summed E-state index contributed by atoms with van der Waals surface area (Å²) in [7, 11) is 1.40. The van der Waals surface area contributed by atoms with Gasteiger partial charge < -0.3 is 19.9 Å². The molecule has 0 heterocycles. The van der Waals surface area contributed by atoms with Crippen LogP contribution < -0.4 is 14.8 Å². The second-order valence-corrected chi connectivity index (χ2v) is 6.41. The SMILES string of the molecule is COc1cc(/C=C(/C#N)C(=O)NCc2ccccc2)cc(Br)c1OCC(=O)O. The van der Waals surface area contributed by atoms with E-state index in [2.05, 4.69) is 21.2 Å². The van der Waals surface area contributed by atoms with Crippen molar-refractivity contribution < 1.29 is 24.2 Å². The lowest BCUT2D eigenvalue weighted by molar-refractivity contribution is -0.139. The number of hydrogen-bond acceptors (Lipinski definition) is 5. The summed E-state index contributed by atoms with van der Waals surface area (Å²) in [5.74, 6) is -1.15. The normalized spacial score (nSPS) is 10.7. The van der Waals surface area contributed by atoms with E-state index in [0.29, 0.717) is 16.6 Å². The first-order valence-electron chi connectivity index (χ1n) is 8.10. The molecule has 0 saturated heterocycles. The zero-order valence-corrected chi connectivity index (χ0v) is 16.5. The number of methoxy groups -OCH3 is 1. The van der Waals surface area contributed by atoms with Crippen molar-refractivity contribution in [3.05, 3.63) is 63.6 Å².